The van der Waals surface area contributed by atoms with E-state index in [1.165, 1.54) is 6.42 Å². The molecule has 13 heavy (non-hydrogen) atoms. The van der Waals surface area contributed by atoms with Crippen molar-refractivity contribution in [1.82, 2.24) is 4.90 Å². The zero-order valence-corrected chi connectivity index (χ0v) is 9.26. The summed E-state index contributed by atoms with van der Waals surface area (Å²) in [6.07, 6.45) is 1.96. The number of carbonyl (C=O) groups excluding carboxylic acids is 1. The van der Waals surface area contributed by atoms with Crippen LogP contribution in [0.15, 0.2) is 0 Å². The maximum absolute atomic E-state index is 10.9. The highest BCUT2D eigenvalue weighted by Crippen LogP contribution is 2.30. The molecule has 2 nitrogen and oxygen atoms in total. The minimum Gasteiger partial charge on any atom is -0.300 e. The van der Waals surface area contributed by atoms with E-state index < -0.39 is 0 Å². The Morgan fingerprint density at radius 1 is 1.54 bits per heavy atom. The normalized spacial score (nSPS) is 24.6. The predicted molar refractivity (Wildman–Crippen MR) is 54.7 cm³/mol. The maximum Gasteiger partial charge on any atom is 0.131 e. The van der Waals surface area contributed by atoms with Crippen molar-refractivity contribution in [3.8, 4) is 0 Å². The molecule has 1 unspecified atom stereocenters. The first-order chi connectivity index (χ1) is 5.91. The second kappa shape index (κ2) is 3.79. The number of ketones is 1. The van der Waals surface area contributed by atoms with Gasteiger partial charge in [0, 0.05) is 19.0 Å². The Labute approximate surface area is 81.3 Å². The van der Waals surface area contributed by atoms with E-state index in [4.69, 9.17) is 0 Å². The SMILES string of the molecule is CC(=O)CC(C)N1CCC(C)(C)C1. The molecular formula is C11H21NO. The fourth-order valence-corrected chi connectivity index (χ4v) is 2.08. The van der Waals surface area contributed by atoms with Crippen molar-refractivity contribution in [2.75, 3.05) is 13.1 Å². The molecule has 0 bridgehead atoms. The summed E-state index contributed by atoms with van der Waals surface area (Å²) < 4.78 is 0. The van der Waals surface area contributed by atoms with E-state index in [0.29, 0.717) is 23.7 Å². The van der Waals surface area contributed by atoms with Crippen molar-refractivity contribution in [3.63, 3.8) is 0 Å². The van der Waals surface area contributed by atoms with Crippen LogP contribution in [0.3, 0.4) is 0 Å². The van der Waals surface area contributed by atoms with E-state index >= 15 is 0 Å². The quantitative estimate of drug-likeness (QED) is 0.667. The van der Waals surface area contributed by atoms with Crippen LogP contribution >= 0.6 is 0 Å². The zero-order chi connectivity index (χ0) is 10.1. The van der Waals surface area contributed by atoms with Crippen LogP contribution < -0.4 is 0 Å². The van der Waals surface area contributed by atoms with Crippen LogP contribution in [0.1, 0.15) is 40.5 Å². The number of likely N-dealkylation sites (tertiary alicyclic amines) is 1. The lowest BCUT2D eigenvalue weighted by molar-refractivity contribution is -0.118. The fraction of sp³-hybridized carbons (Fsp3) is 0.909. The molecule has 1 atom stereocenters. The van der Waals surface area contributed by atoms with E-state index in [1.807, 2.05) is 0 Å². The molecule has 0 radical (unpaired) electrons. The van der Waals surface area contributed by atoms with Gasteiger partial charge in [0.1, 0.15) is 5.78 Å². The average Bonchev–Trinajstić information content (AvgIpc) is 2.28. The van der Waals surface area contributed by atoms with Crippen molar-refractivity contribution in [2.24, 2.45) is 5.41 Å². The topological polar surface area (TPSA) is 20.3 Å². The van der Waals surface area contributed by atoms with Gasteiger partial charge < -0.3 is 0 Å². The van der Waals surface area contributed by atoms with Crippen molar-refractivity contribution in [2.45, 2.75) is 46.6 Å². The molecule has 76 valence electrons. The van der Waals surface area contributed by atoms with Crippen molar-refractivity contribution >= 4 is 5.78 Å². The van der Waals surface area contributed by atoms with Crippen LogP contribution in [0.4, 0.5) is 0 Å². The zero-order valence-electron chi connectivity index (χ0n) is 9.26. The fourth-order valence-electron chi connectivity index (χ4n) is 2.08. The van der Waals surface area contributed by atoms with E-state index in [1.54, 1.807) is 6.92 Å². The molecule has 0 aromatic carbocycles. The summed E-state index contributed by atoms with van der Waals surface area (Å²) in [6.45, 7) is 10.7. The Morgan fingerprint density at radius 3 is 2.54 bits per heavy atom. The Bertz CT molecular complexity index is 198. The highest BCUT2D eigenvalue weighted by molar-refractivity contribution is 5.76. The van der Waals surface area contributed by atoms with Gasteiger partial charge in [-0.15, -0.1) is 0 Å². The molecule has 0 aliphatic carbocycles. The smallest absolute Gasteiger partial charge is 0.131 e. The molecule has 1 fully saturated rings. The number of rotatable bonds is 3. The minimum atomic E-state index is 0.303. The summed E-state index contributed by atoms with van der Waals surface area (Å²) in [5.41, 5.74) is 0.449. The largest absolute Gasteiger partial charge is 0.300 e. The third-order valence-electron chi connectivity index (χ3n) is 2.91. The molecular weight excluding hydrogens is 162 g/mol. The molecule has 2 heteroatoms. The van der Waals surface area contributed by atoms with Crippen LogP contribution in [0.5, 0.6) is 0 Å². The highest BCUT2D eigenvalue weighted by Gasteiger charge is 2.31. The summed E-state index contributed by atoms with van der Waals surface area (Å²) in [6, 6.07) is 0.430. The lowest BCUT2D eigenvalue weighted by Crippen LogP contribution is -2.33. The summed E-state index contributed by atoms with van der Waals surface area (Å²) in [5, 5.41) is 0. The summed E-state index contributed by atoms with van der Waals surface area (Å²) in [5.74, 6) is 0.303. The van der Waals surface area contributed by atoms with Gasteiger partial charge in [0.25, 0.3) is 0 Å². The molecule has 1 aliphatic rings. The van der Waals surface area contributed by atoms with Crippen LogP contribution in [0.25, 0.3) is 0 Å². The molecule has 1 saturated heterocycles. The van der Waals surface area contributed by atoms with Crippen molar-refractivity contribution in [3.05, 3.63) is 0 Å². The minimum absolute atomic E-state index is 0.303. The molecule has 0 saturated carbocycles. The van der Waals surface area contributed by atoms with Gasteiger partial charge >= 0.3 is 0 Å². The van der Waals surface area contributed by atoms with E-state index in [-0.39, 0.29) is 0 Å². The second-order valence-electron chi connectivity index (χ2n) is 5.14. The van der Waals surface area contributed by atoms with Crippen molar-refractivity contribution < 1.29 is 4.79 Å². The first-order valence-corrected chi connectivity index (χ1v) is 5.14. The third-order valence-corrected chi connectivity index (χ3v) is 2.91. The number of hydrogen-bond donors (Lipinski definition) is 0. The average molecular weight is 183 g/mol. The molecule has 0 aromatic heterocycles. The van der Waals surface area contributed by atoms with E-state index in [2.05, 4.69) is 25.7 Å². The Kier molecular flexibility index (Phi) is 3.12. The third kappa shape index (κ3) is 3.11. The van der Waals surface area contributed by atoms with Gasteiger partial charge in [0.05, 0.1) is 0 Å². The van der Waals surface area contributed by atoms with Gasteiger partial charge in [0.15, 0.2) is 0 Å². The van der Waals surface area contributed by atoms with E-state index in [9.17, 15) is 4.79 Å². The molecule has 0 amide bonds. The molecule has 0 N–H and O–H groups in total. The van der Waals surface area contributed by atoms with Crippen LogP contribution in [-0.4, -0.2) is 29.8 Å². The highest BCUT2D eigenvalue weighted by atomic mass is 16.1. The molecule has 1 heterocycles. The first kappa shape index (κ1) is 10.7. The Morgan fingerprint density at radius 2 is 2.15 bits per heavy atom. The van der Waals surface area contributed by atoms with Crippen molar-refractivity contribution in [1.29, 1.82) is 0 Å². The predicted octanol–water partition coefficient (Wildman–Crippen LogP) is 2.09. The number of nitrogens with zero attached hydrogens (tertiary/aromatic N) is 1. The lowest BCUT2D eigenvalue weighted by Gasteiger charge is -2.25. The van der Waals surface area contributed by atoms with Gasteiger partial charge in [-0.2, -0.15) is 0 Å². The summed E-state index contributed by atoms with van der Waals surface area (Å²) >= 11 is 0. The molecule has 0 aromatic rings. The Balaban J connectivity index is 2.42. The standard InChI is InChI=1S/C11H21NO/c1-9(7-10(2)13)12-6-5-11(3,4)8-12/h9H,5-8H2,1-4H3. The van der Waals surface area contributed by atoms with Crippen LogP contribution in [0, 0.1) is 5.41 Å². The maximum atomic E-state index is 10.9. The summed E-state index contributed by atoms with van der Waals surface area (Å²) in [7, 11) is 0. The van der Waals surface area contributed by atoms with Gasteiger partial charge in [-0.1, -0.05) is 13.8 Å². The van der Waals surface area contributed by atoms with Gasteiger partial charge in [-0.3, -0.25) is 9.69 Å². The first-order valence-electron chi connectivity index (χ1n) is 5.14. The van der Waals surface area contributed by atoms with E-state index in [0.717, 1.165) is 13.1 Å². The summed E-state index contributed by atoms with van der Waals surface area (Å²) in [4.78, 5) is 13.4. The molecule has 1 aliphatic heterocycles. The number of hydrogen-bond acceptors (Lipinski definition) is 2. The van der Waals surface area contributed by atoms with Gasteiger partial charge in [-0.25, -0.2) is 0 Å². The van der Waals surface area contributed by atoms with Crippen LogP contribution in [0.2, 0.25) is 0 Å². The Hall–Kier alpha value is -0.370. The monoisotopic (exact) mass is 183 g/mol. The van der Waals surface area contributed by atoms with Gasteiger partial charge in [-0.05, 0) is 32.2 Å². The van der Waals surface area contributed by atoms with Gasteiger partial charge in [0.2, 0.25) is 0 Å². The molecule has 1 rings (SSSR count). The second-order valence-corrected chi connectivity index (χ2v) is 5.14. The molecule has 0 spiro atoms. The number of carbonyl (C=O) groups is 1. The number of Topliss-reactive ketones (excluding diaryl/α,β-unsaturated/α-hetero) is 1. The lowest BCUT2D eigenvalue weighted by atomic mass is 9.93. The van der Waals surface area contributed by atoms with Crippen LogP contribution in [-0.2, 0) is 4.79 Å².